The van der Waals surface area contributed by atoms with Crippen LogP contribution in [0.4, 0.5) is 5.69 Å². The minimum Gasteiger partial charge on any atom is -0.454 e. The van der Waals surface area contributed by atoms with Crippen LogP contribution in [0.15, 0.2) is 40.9 Å². The van der Waals surface area contributed by atoms with Gasteiger partial charge in [0.05, 0.1) is 16.0 Å². The van der Waals surface area contributed by atoms with Crippen molar-refractivity contribution >= 4 is 23.2 Å². The molecular weight excluding hydrogens is 426 g/mol. The Labute approximate surface area is 182 Å². The van der Waals surface area contributed by atoms with E-state index in [4.69, 9.17) is 25.6 Å². The summed E-state index contributed by atoms with van der Waals surface area (Å²) in [6, 6.07) is 9.51. The second-order valence-corrected chi connectivity index (χ2v) is 7.21. The molecule has 0 atom stereocenters. The first-order valence-corrected chi connectivity index (χ1v) is 10.00. The van der Waals surface area contributed by atoms with Gasteiger partial charge in [-0.3, -0.25) is 14.9 Å². The predicted octanol–water partition coefficient (Wildman–Crippen LogP) is 4.83. The van der Waals surface area contributed by atoms with Crippen LogP contribution in [0.5, 0.6) is 11.5 Å². The number of nitrogens with one attached hydrogen (secondary N) is 1. The summed E-state index contributed by atoms with van der Waals surface area (Å²) >= 11 is 6.32. The largest absolute Gasteiger partial charge is 0.454 e. The summed E-state index contributed by atoms with van der Waals surface area (Å²) < 4.78 is 16.1. The van der Waals surface area contributed by atoms with Gasteiger partial charge in [0.15, 0.2) is 17.3 Å². The number of ether oxygens (including phenoxy) is 2. The lowest BCUT2D eigenvalue weighted by Gasteiger charge is -2.08. The number of carbonyl (C=O) groups is 1. The van der Waals surface area contributed by atoms with Gasteiger partial charge in [-0.15, -0.1) is 0 Å². The highest BCUT2D eigenvalue weighted by Crippen LogP contribution is 2.45. The Hall–Kier alpha value is -3.59. The van der Waals surface area contributed by atoms with Crippen molar-refractivity contribution in [2.24, 2.45) is 0 Å². The summed E-state index contributed by atoms with van der Waals surface area (Å²) in [4.78, 5) is 24.3. The van der Waals surface area contributed by atoms with E-state index in [-0.39, 0.29) is 40.8 Å². The number of fused-ring (bicyclic) bond motifs is 1. The summed E-state index contributed by atoms with van der Waals surface area (Å²) in [5, 5.41) is 19.0. The van der Waals surface area contributed by atoms with E-state index in [1.807, 2.05) is 6.92 Å². The number of halogens is 1. The minimum atomic E-state index is -0.576. The molecule has 0 fully saturated rings. The molecule has 1 N–H and O–H groups in total. The van der Waals surface area contributed by atoms with Gasteiger partial charge in [0, 0.05) is 18.2 Å². The Morgan fingerprint density at radius 1 is 1.23 bits per heavy atom. The zero-order valence-corrected chi connectivity index (χ0v) is 17.3. The molecule has 10 heteroatoms. The molecule has 4 rings (SSSR count). The van der Waals surface area contributed by atoms with Crippen LogP contribution in [-0.4, -0.2) is 29.3 Å². The zero-order valence-electron chi connectivity index (χ0n) is 16.5. The molecule has 0 spiro atoms. The molecular formula is C21H18ClN3O6. The molecule has 1 aliphatic rings. The van der Waals surface area contributed by atoms with E-state index in [0.717, 1.165) is 12.8 Å². The number of hydrogen-bond acceptors (Lipinski definition) is 7. The highest BCUT2D eigenvalue weighted by Gasteiger charge is 2.32. The SMILES string of the molecule is CCCCNC(=O)c1c(-c2ccccc2Cl)noc1-c1cc2c(cc1[N+](=O)[O-])OCO2. The van der Waals surface area contributed by atoms with Gasteiger partial charge in [-0.2, -0.15) is 0 Å². The Morgan fingerprint density at radius 3 is 2.68 bits per heavy atom. The zero-order chi connectivity index (χ0) is 22.0. The topological polar surface area (TPSA) is 117 Å². The van der Waals surface area contributed by atoms with Crippen LogP contribution in [-0.2, 0) is 0 Å². The molecule has 0 bridgehead atoms. The molecule has 1 amide bonds. The third kappa shape index (κ3) is 3.91. The summed E-state index contributed by atoms with van der Waals surface area (Å²) in [6.45, 7) is 2.38. The molecule has 1 aliphatic heterocycles. The first-order valence-electron chi connectivity index (χ1n) is 9.62. The maximum Gasteiger partial charge on any atom is 0.284 e. The molecule has 1 aromatic heterocycles. The summed E-state index contributed by atoms with van der Waals surface area (Å²) in [7, 11) is 0. The third-order valence-corrected chi connectivity index (χ3v) is 5.13. The van der Waals surface area contributed by atoms with E-state index in [0.29, 0.717) is 22.9 Å². The fourth-order valence-electron chi connectivity index (χ4n) is 3.25. The van der Waals surface area contributed by atoms with Gasteiger partial charge in [-0.05, 0) is 12.5 Å². The molecule has 0 saturated heterocycles. The summed E-state index contributed by atoms with van der Waals surface area (Å²) in [5.41, 5.74) is 0.491. The Bertz CT molecular complexity index is 1160. The van der Waals surface area contributed by atoms with Crippen molar-refractivity contribution in [2.45, 2.75) is 19.8 Å². The number of hydrogen-bond donors (Lipinski definition) is 1. The number of nitrogens with zero attached hydrogens (tertiary/aromatic N) is 2. The molecule has 3 aromatic rings. The third-order valence-electron chi connectivity index (χ3n) is 4.80. The van der Waals surface area contributed by atoms with Crippen LogP contribution in [0.3, 0.4) is 0 Å². The van der Waals surface area contributed by atoms with Crippen LogP contribution in [0.2, 0.25) is 5.02 Å². The second-order valence-electron chi connectivity index (χ2n) is 6.80. The standard InChI is InChI=1S/C21H18ClN3O6/c1-2-3-8-23-21(26)18-19(12-6-4-5-7-14(12)22)24-31-20(18)13-9-16-17(30-11-29-16)10-15(13)25(27)28/h4-7,9-10H,2-3,8,11H2,1H3,(H,23,26). The lowest BCUT2D eigenvalue weighted by molar-refractivity contribution is -0.384. The highest BCUT2D eigenvalue weighted by molar-refractivity contribution is 6.33. The van der Waals surface area contributed by atoms with Crippen LogP contribution in [0, 0.1) is 10.1 Å². The number of benzene rings is 2. The van der Waals surface area contributed by atoms with Crippen LogP contribution >= 0.6 is 11.6 Å². The number of nitro groups is 1. The van der Waals surface area contributed by atoms with Gasteiger partial charge in [0.1, 0.15) is 16.8 Å². The van der Waals surface area contributed by atoms with Crippen LogP contribution in [0.25, 0.3) is 22.6 Å². The lowest BCUT2D eigenvalue weighted by atomic mass is 10.00. The normalized spacial score (nSPS) is 12.1. The van der Waals surface area contributed by atoms with E-state index in [1.54, 1.807) is 24.3 Å². The summed E-state index contributed by atoms with van der Waals surface area (Å²) in [5.74, 6) is 0.0457. The van der Waals surface area contributed by atoms with Gasteiger partial charge in [0.2, 0.25) is 6.79 Å². The molecule has 2 aromatic carbocycles. The fraction of sp³-hybridized carbons (Fsp3) is 0.238. The number of carbonyl (C=O) groups excluding carboxylic acids is 1. The van der Waals surface area contributed by atoms with Gasteiger partial charge < -0.3 is 19.3 Å². The minimum absolute atomic E-state index is 0.0473. The summed E-state index contributed by atoms with van der Waals surface area (Å²) in [6.07, 6.45) is 1.67. The van der Waals surface area contributed by atoms with E-state index in [1.165, 1.54) is 12.1 Å². The molecule has 2 heterocycles. The predicted molar refractivity (Wildman–Crippen MR) is 112 cm³/mol. The van der Waals surface area contributed by atoms with Crippen molar-refractivity contribution in [3.8, 4) is 34.1 Å². The van der Waals surface area contributed by atoms with Gasteiger partial charge >= 0.3 is 0 Å². The van der Waals surface area contributed by atoms with Crippen molar-refractivity contribution in [2.75, 3.05) is 13.3 Å². The van der Waals surface area contributed by atoms with Crippen molar-refractivity contribution in [1.82, 2.24) is 10.5 Å². The molecule has 0 unspecified atom stereocenters. The quantitative estimate of drug-likeness (QED) is 0.315. The molecule has 9 nitrogen and oxygen atoms in total. The first-order chi connectivity index (χ1) is 15.0. The van der Waals surface area contributed by atoms with Crippen molar-refractivity contribution in [3.63, 3.8) is 0 Å². The monoisotopic (exact) mass is 443 g/mol. The maximum atomic E-state index is 13.1. The Morgan fingerprint density at radius 2 is 1.97 bits per heavy atom. The van der Waals surface area contributed by atoms with Crippen molar-refractivity contribution in [3.05, 3.63) is 57.1 Å². The second kappa shape index (κ2) is 8.65. The number of rotatable bonds is 7. The molecule has 0 aliphatic carbocycles. The Kier molecular flexibility index (Phi) is 5.77. The van der Waals surface area contributed by atoms with Crippen molar-refractivity contribution in [1.29, 1.82) is 0 Å². The molecule has 0 saturated carbocycles. The molecule has 0 radical (unpaired) electrons. The van der Waals surface area contributed by atoms with E-state index in [2.05, 4.69) is 10.5 Å². The van der Waals surface area contributed by atoms with Crippen molar-refractivity contribution < 1.29 is 23.7 Å². The van der Waals surface area contributed by atoms with Crippen LogP contribution < -0.4 is 14.8 Å². The highest BCUT2D eigenvalue weighted by atomic mass is 35.5. The average molecular weight is 444 g/mol. The molecule has 31 heavy (non-hydrogen) atoms. The van der Waals surface area contributed by atoms with Crippen LogP contribution in [0.1, 0.15) is 30.1 Å². The number of aromatic nitrogens is 1. The smallest absolute Gasteiger partial charge is 0.284 e. The van der Waals surface area contributed by atoms with E-state index < -0.39 is 10.8 Å². The Balaban J connectivity index is 1.90. The van der Waals surface area contributed by atoms with Gasteiger partial charge in [0.25, 0.3) is 11.6 Å². The van der Waals surface area contributed by atoms with Gasteiger partial charge in [-0.1, -0.05) is 48.3 Å². The first kappa shape index (κ1) is 20.7. The number of amides is 1. The average Bonchev–Trinajstić information content (AvgIpc) is 3.39. The fourth-order valence-corrected chi connectivity index (χ4v) is 3.48. The van der Waals surface area contributed by atoms with E-state index in [9.17, 15) is 14.9 Å². The molecule has 160 valence electrons. The number of unbranched alkanes of at least 4 members (excludes halogenated alkanes) is 1. The van der Waals surface area contributed by atoms with E-state index >= 15 is 0 Å². The lowest BCUT2D eigenvalue weighted by Crippen LogP contribution is -2.25. The van der Waals surface area contributed by atoms with Gasteiger partial charge in [-0.25, -0.2) is 0 Å². The number of nitro benzene ring substituents is 1. The maximum absolute atomic E-state index is 13.1.